The van der Waals surface area contributed by atoms with E-state index in [9.17, 15) is 9.59 Å². The number of thiazole rings is 1. The Balaban J connectivity index is 1.61. The molecule has 0 saturated carbocycles. The number of hydrogen-bond acceptors (Lipinski definition) is 7. The third kappa shape index (κ3) is 4.24. The van der Waals surface area contributed by atoms with Crippen molar-refractivity contribution in [2.24, 2.45) is 5.92 Å². The highest BCUT2D eigenvalue weighted by Gasteiger charge is 2.39. The van der Waals surface area contributed by atoms with E-state index >= 15 is 0 Å². The van der Waals surface area contributed by atoms with Crippen LogP contribution in [0.15, 0.2) is 36.0 Å². The number of nitrogen functional groups attached to an aromatic ring is 1. The van der Waals surface area contributed by atoms with Gasteiger partial charge in [0.05, 0.1) is 39.8 Å². The Morgan fingerprint density at radius 3 is 2.84 bits per heavy atom. The first kappa shape index (κ1) is 21.2. The number of piperidine rings is 1. The minimum absolute atomic E-state index is 0.00723. The number of carbonyl (C=O) groups excluding carboxylic acids is 2. The Bertz CT molecular complexity index is 1130. The lowest BCUT2D eigenvalue weighted by Crippen LogP contribution is -2.50. The van der Waals surface area contributed by atoms with Crippen LogP contribution in [0.3, 0.4) is 0 Å². The van der Waals surface area contributed by atoms with E-state index in [0.29, 0.717) is 24.5 Å². The first-order valence-electron chi connectivity index (χ1n) is 10.1. The van der Waals surface area contributed by atoms with Gasteiger partial charge in [-0.1, -0.05) is 13.0 Å². The number of fused-ring (bicyclic) bond motifs is 1. The number of nitrogens with zero attached hydrogens (tertiary/aromatic N) is 3. The molecule has 3 N–H and O–H groups in total. The summed E-state index contributed by atoms with van der Waals surface area (Å²) in [5.41, 5.74) is 10.5. The molecule has 4 rings (SSSR count). The van der Waals surface area contributed by atoms with Gasteiger partial charge in [-0.25, -0.2) is 9.97 Å². The smallest absolute Gasteiger partial charge is 0.313 e. The number of carbonyl (C=O) groups is 2. The Morgan fingerprint density at radius 1 is 1.29 bits per heavy atom. The van der Waals surface area contributed by atoms with Gasteiger partial charge in [0.2, 0.25) is 0 Å². The molecule has 1 aliphatic heterocycles. The molecule has 0 spiro atoms. The average Bonchev–Trinajstić information content (AvgIpc) is 3.23. The van der Waals surface area contributed by atoms with Crippen molar-refractivity contribution in [3.8, 4) is 0 Å². The zero-order chi connectivity index (χ0) is 22.1. The van der Waals surface area contributed by atoms with Gasteiger partial charge < -0.3 is 20.7 Å². The number of aromatic nitrogens is 2. The van der Waals surface area contributed by atoms with E-state index in [1.807, 2.05) is 25.1 Å². The van der Waals surface area contributed by atoms with Gasteiger partial charge in [-0.05, 0) is 42.7 Å². The van der Waals surface area contributed by atoms with E-state index in [2.05, 4.69) is 15.3 Å². The van der Waals surface area contributed by atoms with E-state index in [4.69, 9.17) is 10.5 Å². The van der Waals surface area contributed by atoms with E-state index < -0.39 is 11.8 Å². The van der Waals surface area contributed by atoms with Crippen LogP contribution in [0.2, 0.25) is 0 Å². The van der Waals surface area contributed by atoms with Gasteiger partial charge >= 0.3 is 11.8 Å². The standard InChI is InChI=1S/C22H25N5O3S/c1-12-6-15(9-24-20(12)23)26-21(28)22(29)27-10-13(2)18(30-3)8-17(27)14-4-5-19-16(7-14)25-11-31-19/h4-7,9,11,13,17-18H,8,10H2,1-3H3,(H2,23,24)(H,26,28)/t13-,17-,18+/m1/s1. The molecular weight excluding hydrogens is 414 g/mol. The average molecular weight is 440 g/mol. The van der Waals surface area contributed by atoms with E-state index in [-0.39, 0.29) is 18.1 Å². The molecule has 1 aliphatic rings. The summed E-state index contributed by atoms with van der Waals surface area (Å²) >= 11 is 1.57. The van der Waals surface area contributed by atoms with Gasteiger partial charge in [-0.3, -0.25) is 9.59 Å². The summed E-state index contributed by atoms with van der Waals surface area (Å²) in [6.07, 6.45) is 2.04. The number of amides is 2. The largest absolute Gasteiger partial charge is 0.383 e. The molecule has 31 heavy (non-hydrogen) atoms. The summed E-state index contributed by atoms with van der Waals surface area (Å²) in [7, 11) is 1.68. The minimum atomic E-state index is -0.700. The van der Waals surface area contributed by atoms with Crippen LogP contribution < -0.4 is 11.1 Å². The number of hydrogen-bond donors (Lipinski definition) is 2. The maximum Gasteiger partial charge on any atom is 0.313 e. The van der Waals surface area contributed by atoms with Gasteiger partial charge in [-0.2, -0.15) is 0 Å². The van der Waals surface area contributed by atoms with E-state index in [1.54, 1.807) is 41.8 Å². The summed E-state index contributed by atoms with van der Waals surface area (Å²) in [5.74, 6) is -0.799. The number of methoxy groups -OCH3 is 1. The molecule has 1 aromatic carbocycles. The molecule has 1 saturated heterocycles. The second-order valence-corrected chi connectivity index (χ2v) is 8.81. The van der Waals surface area contributed by atoms with Crippen LogP contribution in [0.1, 0.15) is 30.5 Å². The molecule has 3 heterocycles. The van der Waals surface area contributed by atoms with E-state index in [0.717, 1.165) is 21.3 Å². The Hall–Kier alpha value is -3.04. The molecule has 0 radical (unpaired) electrons. The number of benzene rings is 1. The number of nitrogens with two attached hydrogens (primary N) is 1. The molecule has 9 heteroatoms. The number of rotatable bonds is 3. The van der Waals surface area contributed by atoms with E-state index in [1.165, 1.54) is 6.20 Å². The maximum absolute atomic E-state index is 13.2. The summed E-state index contributed by atoms with van der Waals surface area (Å²) in [5, 5.41) is 2.65. The minimum Gasteiger partial charge on any atom is -0.383 e. The van der Waals surface area contributed by atoms with Crippen LogP contribution in [0.25, 0.3) is 10.2 Å². The summed E-state index contributed by atoms with van der Waals surface area (Å²) in [6, 6.07) is 7.41. The van der Waals surface area contributed by atoms with Crippen molar-refractivity contribution >= 4 is 44.9 Å². The lowest BCUT2D eigenvalue weighted by molar-refractivity contribution is -0.149. The van der Waals surface area contributed by atoms with Crippen LogP contribution in [0.4, 0.5) is 11.5 Å². The van der Waals surface area contributed by atoms with Crippen LogP contribution in [0, 0.1) is 12.8 Å². The normalized spacial score (nSPS) is 21.3. The van der Waals surface area contributed by atoms with Crippen molar-refractivity contribution in [2.45, 2.75) is 32.4 Å². The molecule has 1 fully saturated rings. The molecule has 162 valence electrons. The van der Waals surface area contributed by atoms with Crippen molar-refractivity contribution in [3.05, 3.63) is 47.1 Å². The number of nitrogens with one attached hydrogen (secondary N) is 1. The molecule has 2 aromatic heterocycles. The number of likely N-dealkylation sites (tertiary alicyclic amines) is 1. The highest BCUT2D eigenvalue weighted by Crippen LogP contribution is 2.36. The monoisotopic (exact) mass is 439 g/mol. The molecule has 3 aromatic rings. The first-order chi connectivity index (χ1) is 14.9. The van der Waals surface area contributed by atoms with Crippen LogP contribution in [-0.2, 0) is 14.3 Å². The molecule has 2 amide bonds. The molecule has 0 aliphatic carbocycles. The van der Waals surface area contributed by atoms with Crippen molar-refractivity contribution in [1.29, 1.82) is 0 Å². The third-order valence-corrected chi connectivity index (χ3v) is 6.63. The highest BCUT2D eigenvalue weighted by molar-refractivity contribution is 7.16. The van der Waals surface area contributed by atoms with Crippen molar-refractivity contribution in [2.75, 3.05) is 24.7 Å². The van der Waals surface area contributed by atoms with Crippen LogP contribution in [-0.4, -0.2) is 46.4 Å². The Kier molecular flexibility index (Phi) is 5.88. The summed E-state index contributed by atoms with van der Waals surface area (Å²) in [6.45, 7) is 4.24. The van der Waals surface area contributed by atoms with Crippen LogP contribution in [0.5, 0.6) is 0 Å². The fraction of sp³-hybridized carbons (Fsp3) is 0.364. The topological polar surface area (TPSA) is 110 Å². The zero-order valence-corrected chi connectivity index (χ0v) is 18.5. The third-order valence-electron chi connectivity index (χ3n) is 5.82. The SMILES string of the molecule is CO[C@H]1C[C@H](c2ccc3scnc3c2)N(C(=O)C(=O)Nc2cnc(N)c(C)c2)C[C@H]1C. The lowest BCUT2D eigenvalue weighted by Gasteiger charge is -2.42. The molecule has 0 unspecified atom stereocenters. The second kappa shape index (κ2) is 8.60. The molecule has 3 atom stereocenters. The fourth-order valence-electron chi connectivity index (χ4n) is 4.05. The molecule has 8 nitrogen and oxygen atoms in total. The Morgan fingerprint density at radius 2 is 2.10 bits per heavy atom. The van der Waals surface area contributed by atoms with Gasteiger partial charge in [0.25, 0.3) is 0 Å². The van der Waals surface area contributed by atoms with Gasteiger partial charge in [0.15, 0.2) is 0 Å². The molecule has 0 bridgehead atoms. The number of aryl methyl sites for hydroxylation is 1. The van der Waals surface area contributed by atoms with Crippen molar-refractivity contribution in [3.63, 3.8) is 0 Å². The quantitative estimate of drug-likeness (QED) is 0.607. The maximum atomic E-state index is 13.2. The number of ether oxygens (including phenoxy) is 1. The zero-order valence-electron chi connectivity index (χ0n) is 17.7. The number of anilines is 2. The van der Waals surface area contributed by atoms with Crippen LogP contribution >= 0.6 is 11.3 Å². The van der Waals surface area contributed by atoms with Crippen molar-refractivity contribution < 1.29 is 14.3 Å². The first-order valence-corrected chi connectivity index (χ1v) is 11.0. The fourth-order valence-corrected chi connectivity index (χ4v) is 4.71. The number of pyridine rings is 1. The van der Waals surface area contributed by atoms with Gasteiger partial charge in [0, 0.05) is 19.6 Å². The lowest BCUT2D eigenvalue weighted by atomic mass is 9.87. The predicted molar refractivity (Wildman–Crippen MR) is 121 cm³/mol. The van der Waals surface area contributed by atoms with Crippen molar-refractivity contribution in [1.82, 2.24) is 14.9 Å². The van der Waals surface area contributed by atoms with Gasteiger partial charge in [-0.15, -0.1) is 11.3 Å². The summed E-state index contributed by atoms with van der Waals surface area (Å²) in [4.78, 5) is 36.1. The predicted octanol–water partition coefficient (Wildman–Crippen LogP) is 3.15. The summed E-state index contributed by atoms with van der Waals surface area (Å²) < 4.78 is 6.75. The Labute approximate surface area is 184 Å². The second-order valence-electron chi connectivity index (χ2n) is 7.92. The van der Waals surface area contributed by atoms with Gasteiger partial charge in [0.1, 0.15) is 5.82 Å². The highest BCUT2D eigenvalue weighted by atomic mass is 32.1. The molecular formula is C22H25N5O3S.